The van der Waals surface area contributed by atoms with Crippen LogP contribution in [0.15, 0.2) is 23.0 Å². The van der Waals surface area contributed by atoms with Gasteiger partial charge >= 0.3 is 0 Å². The molecule has 1 N–H and O–H groups in total. The fourth-order valence-electron chi connectivity index (χ4n) is 3.79. The molecule has 0 unspecified atom stereocenters. The number of imidazole rings is 1. The summed E-state index contributed by atoms with van der Waals surface area (Å²) < 4.78 is 9.57. The van der Waals surface area contributed by atoms with Crippen molar-refractivity contribution in [2.75, 3.05) is 6.54 Å². The van der Waals surface area contributed by atoms with Gasteiger partial charge < -0.3 is 14.4 Å². The van der Waals surface area contributed by atoms with Crippen LogP contribution < -0.4 is 5.32 Å². The zero-order valence-corrected chi connectivity index (χ0v) is 14.1. The standard InChI is InChI=1S/C17H21N7O/c1-2-4-12(3-1)17-20-15(22-25-17)11-23-7-6-19-16(23)14-9-13-10-18-5-8-24(13)21-14/h6-7,9,12,18H,1-5,8,10-11H2. The lowest BCUT2D eigenvalue weighted by molar-refractivity contribution is 0.349. The molecule has 2 aliphatic rings. The molecular formula is C17H21N7O. The minimum absolute atomic E-state index is 0.441. The molecular weight excluding hydrogens is 318 g/mol. The molecule has 25 heavy (non-hydrogen) atoms. The number of rotatable bonds is 4. The van der Waals surface area contributed by atoms with Crippen molar-refractivity contribution in [1.29, 1.82) is 0 Å². The largest absolute Gasteiger partial charge is 0.339 e. The van der Waals surface area contributed by atoms with Crippen LogP contribution in [-0.4, -0.2) is 36.0 Å². The summed E-state index contributed by atoms with van der Waals surface area (Å²) >= 11 is 0. The smallest absolute Gasteiger partial charge is 0.229 e. The Labute approximate surface area is 145 Å². The van der Waals surface area contributed by atoms with E-state index in [-0.39, 0.29) is 0 Å². The molecule has 0 spiro atoms. The second kappa shape index (κ2) is 6.11. The van der Waals surface area contributed by atoms with Gasteiger partial charge in [-0.05, 0) is 18.9 Å². The molecule has 4 heterocycles. The van der Waals surface area contributed by atoms with Gasteiger partial charge in [-0.25, -0.2) is 4.98 Å². The van der Waals surface area contributed by atoms with Gasteiger partial charge in [-0.15, -0.1) is 0 Å². The number of hydrogen-bond donors (Lipinski definition) is 1. The Morgan fingerprint density at radius 3 is 3.08 bits per heavy atom. The second-order valence-corrected chi connectivity index (χ2v) is 6.83. The summed E-state index contributed by atoms with van der Waals surface area (Å²) in [4.78, 5) is 9.10. The van der Waals surface area contributed by atoms with Crippen LogP contribution in [-0.2, 0) is 19.6 Å². The fourth-order valence-corrected chi connectivity index (χ4v) is 3.79. The number of nitrogens with one attached hydrogen (secondary N) is 1. The molecule has 3 aromatic rings. The van der Waals surface area contributed by atoms with Crippen molar-refractivity contribution in [1.82, 2.24) is 34.8 Å². The quantitative estimate of drug-likeness (QED) is 0.782. The van der Waals surface area contributed by atoms with Crippen LogP contribution in [0.2, 0.25) is 0 Å². The van der Waals surface area contributed by atoms with Gasteiger partial charge in [0.15, 0.2) is 11.6 Å². The summed E-state index contributed by atoms with van der Waals surface area (Å²) in [6.45, 7) is 3.25. The van der Waals surface area contributed by atoms with Crippen LogP contribution in [0.5, 0.6) is 0 Å². The molecule has 130 valence electrons. The van der Waals surface area contributed by atoms with Gasteiger partial charge in [-0.2, -0.15) is 10.1 Å². The Kier molecular flexibility index (Phi) is 3.62. The van der Waals surface area contributed by atoms with E-state index in [2.05, 4.69) is 31.2 Å². The predicted octanol–water partition coefficient (Wildman–Crippen LogP) is 1.94. The minimum Gasteiger partial charge on any atom is -0.339 e. The maximum Gasteiger partial charge on any atom is 0.229 e. The van der Waals surface area contributed by atoms with Crippen molar-refractivity contribution in [2.24, 2.45) is 0 Å². The first-order valence-corrected chi connectivity index (χ1v) is 8.98. The lowest BCUT2D eigenvalue weighted by Crippen LogP contribution is -2.28. The van der Waals surface area contributed by atoms with Crippen molar-refractivity contribution < 1.29 is 4.52 Å². The van der Waals surface area contributed by atoms with E-state index in [1.54, 1.807) is 6.20 Å². The molecule has 8 nitrogen and oxygen atoms in total. The highest BCUT2D eigenvalue weighted by atomic mass is 16.5. The van der Waals surface area contributed by atoms with Crippen LogP contribution in [0.3, 0.4) is 0 Å². The molecule has 1 saturated carbocycles. The SMILES string of the molecule is c1cn(Cc2noc(C3CCCC3)n2)c(-c2cc3n(n2)CCNC3)n1. The molecule has 0 bridgehead atoms. The van der Waals surface area contributed by atoms with Gasteiger partial charge in [0.2, 0.25) is 5.89 Å². The van der Waals surface area contributed by atoms with Crippen LogP contribution in [0, 0.1) is 0 Å². The molecule has 1 fully saturated rings. The molecule has 0 saturated heterocycles. The summed E-state index contributed by atoms with van der Waals surface area (Å²) in [6.07, 6.45) is 8.57. The van der Waals surface area contributed by atoms with E-state index in [4.69, 9.17) is 9.62 Å². The zero-order chi connectivity index (χ0) is 16.6. The fraction of sp³-hybridized carbons (Fsp3) is 0.529. The van der Waals surface area contributed by atoms with Gasteiger partial charge in [0.1, 0.15) is 5.69 Å². The van der Waals surface area contributed by atoms with E-state index >= 15 is 0 Å². The van der Waals surface area contributed by atoms with Crippen molar-refractivity contribution >= 4 is 0 Å². The molecule has 5 rings (SSSR count). The first kappa shape index (κ1) is 14.8. The van der Waals surface area contributed by atoms with E-state index in [1.807, 2.05) is 10.8 Å². The van der Waals surface area contributed by atoms with Gasteiger partial charge in [-0.1, -0.05) is 18.0 Å². The second-order valence-electron chi connectivity index (χ2n) is 6.83. The van der Waals surface area contributed by atoms with Gasteiger partial charge in [0.05, 0.1) is 18.8 Å². The monoisotopic (exact) mass is 339 g/mol. The van der Waals surface area contributed by atoms with Crippen LogP contribution in [0.25, 0.3) is 11.5 Å². The highest BCUT2D eigenvalue weighted by Gasteiger charge is 2.23. The van der Waals surface area contributed by atoms with E-state index in [1.165, 1.54) is 18.5 Å². The molecule has 1 aliphatic heterocycles. The maximum absolute atomic E-state index is 5.49. The lowest BCUT2D eigenvalue weighted by Gasteiger charge is -2.13. The van der Waals surface area contributed by atoms with Crippen LogP contribution in [0.1, 0.15) is 49.0 Å². The third-order valence-corrected chi connectivity index (χ3v) is 5.11. The predicted molar refractivity (Wildman–Crippen MR) is 89.8 cm³/mol. The highest BCUT2D eigenvalue weighted by Crippen LogP contribution is 2.33. The molecule has 0 atom stereocenters. The number of nitrogens with zero attached hydrogens (tertiary/aromatic N) is 6. The Morgan fingerprint density at radius 1 is 1.28 bits per heavy atom. The van der Waals surface area contributed by atoms with Crippen molar-refractivity contribution in [3.05, 3.63) is 35.9 Å². The minimum atomic E-state index is 0.441. The van der Waals surface area contributed by atoms with Gasteiger partial charge in [0, 0.05) is 31.4 Å². The Morgan fingerprint density at radius 2 is 2.20 bits per heavy atom. The molecule has 8 heteroatoms. The van der Waals surface area contributed by atoms with E-state index < -0.39 is 0 Å². The normalized spacial score (nSPS) is 17.9. The van der Waals surface area contributed by atoms with Gasteiger partial charge in [-0.3, -0.25) is 4.68 Å². The number of hydrogen-bond acceptors (Lipinski definition) is 6. The van der Waals surface area contributed by atoms with Crippen molar-refractivity contribution in [2.45, 2.75) is 51.2 Å². The Bertz CT molecular complexity index is 848. The summed E-state index contributed by atoms with van der Waals surface area (Å²) in [5.41, 5.74) is 2.09. The summed E-state index contributed by atoms with van der Waals surface area (Å²) in [6, 6.07) is 2.10. The number of aromatic nitrogens is 6. The Hall–Kier alpha value is -2.48. The van der Waals surface area contributed by atoms with Gasteiger partial charge in [0.25, 0.3) is 0 Å². The van der Waals surface area contributed by atoms with E-state index in [0.717, 1.165) is 49.9 Å². The summed E-state index contributed by atoms with van der Waals surface area (Å²) in [5, 5.41) is 12.2. The third-order valence-electron chi connectivity index (χ3n) is 5.11. The summed E-state index contributed by atoms with van der Waals surface area (Å²) in [5.74, 6) is 2.77. The average molecular weight is 339 g/mol. The third kappa shape index (κ3) is 2.76. The molecule has 0 aromatic carbocycles. The Balaban J connectivity index is 1.39. The van der Waals surface area contributed by atoms with E-state index in [0.29, 0.717) is 18.3 Å². The highest BCUT2D eigenvalue weighted by molar-refractivity contribution is 5.50. The first-order chi connectivity index (χ1) is 12.4. The average Bonchev–Trinajstić information content (AvgIpc) is 3.41. The van der Waals surface area contributed by atoms with Crippen LogP contribution >= 0.6 is 0 Å². The maximum atomic E-state index is 5.49. The van der Waals surface area contributed by atoms with Crippen molar-refractivity contribution in [3.8, 4) is 11.5 Å². The van der Waals surface area contributed by atoms with E-state index in [9.17, 15) is 0 Å². The molecule has 1 aliphatic carbocycles. The zero-order valence-electron chi connectivity index (χ0n) is 14.1. The first-order valence-electron chi connectivity index (χ1n) is 8.98. The lowest BCUT2D eigenvalue weighted by atomic mass is 10.1. The number of fused-ring (bicyclic) bond motifs is 1. The molecule has 3 aromatic heterocycles. The van der Waals surface area contributed by atoms with Crippen molar-refractivity contribution in [3.63, 3.8) is 0 Å². The summed E-state index contributed by atoms with van der Waals surface area (Å²) in [7, 11) is 0. The molecule has 0 amide bonds. The topological polar surface area (TPSA) is 86.6 Å². The van der Waals surface area contributed by atoms with Crippen LogP contribution in [0.4, 0.5) is 0 Å². The molecule has 0 radical (unpaired) electrons.